The Bertz CT molecular complexity index is 758. The number of hydrogen-bond acceptors (Lipinski definition) is 4. The molecule has 0 bridgehead atoms. The fourth-order valence-electron chi connectivity index (χ4n) is 1.91. The van der Waals surface area contributed by atoms with Gasteiger partial charge in [0.2, 0.25) is 0 Å². The van der Waals surface area contributed by atoms with E-state index in [-0.39, 0.29) is 5.91 Å². The molecule has 0 aliphatic rings. The number of anilines is 1. The number of rotatable bonds is 2. The number of aryl methyl sites for hydroxylation is 2. The Balaban J connectivity index is 1.89. The molecule has 1 aromatic carbocycles. The number of amides is 1. The first kappa shape index (κ1) is 11.9. The molecule has 2 heterocycles. The molecule has 0 saturated heterocycles. The van der Waals surface area contributed by atoms with Crippen molar-refractivity contribution in [2.75, 3.05) is 5.32 Å². The summed E-state index contributed by atoms with van der Waals surface area (Å²) in [5.41, 5.74) is 3.18. The van der Waals surface area contributed by atoms with Gasteiger partial charge in [0.1, 0.15) is 5.52 Å². The standard InChI is InChI=1S/C14H12N2O2S/c1-8-5-6-19-13(8)14(17)16-10-3-4-12-11(7-10)15-9(2)18-12/h3-7H,1-2H3,(H,16,17). The molecule has 3 rings (SSSR count). The number of aromatic nitrogens is 1. The van der Waals surface area contributed by atoms with Crippen molar-refractivity contribution in [3.05, 3.63) is 46.0 Å². The van der Waals surface area contributed by atoms with Crippen LogP contribution in [-0.2, 0) is 0 Å². The molecule has 0 aliphatic carbocycles. The molecule has 0 atom stereocenters. The SMILES string of the molecule is Cc1nc2cc(NC(=O)c3sccc3C)ccc2o1. The Kier molecular flexibility index (Phi) is 2.83. The fourth-order valence-corrected chi connectivity index (χ4v) is 2.73. The van der Waals surface area contributed by atoms with Crippen molar-refractivity contribution in [2.45, 2.75) is 13.8 Å². The molecule has 0 fully saturated rings. The molecule has 19 heavy (non-hydrogen) atoms. The van der Waals surface area contributed by atoms with Gasteiger partial charge in [0, 0.05) is 12.6 Å². The first-order valence-electron chi connectivity index (χ1n) is 5.86. The van der Waals surface area contributed by atoms with E-state index in [1.165, 1.54) is 11.3 Å². The lowest BCUT2D eigenvalue weighted by molar-refractivity contribution is 0.103. The van der Waals surface area contributed by atoms with Gasteiger partial charge < -0.3 is 9.73 Å². The molecule has 0 aliphatic heterocycles. The van der Waals surface area contributed by atoms with Crippen molar-refractivity contribution in [1.82, 2.24) is 4.98 Å². The van der Waals surface area contributed by atoms with Gasteiger partial charge in [0.25, 0.3) is 5.91 Å². The number of hydrogen-bond donors (Lipinski definition) is 1. The third-order valence-corrected chi connectivity index (χ3v) is 3.84. The van der Waals surface area contributed by atoms with E-state index in [1.807, 2.05) is 36.6 Å². The van der Waals surface area contributed by atoms with E-state index in [0.29, 0.717) is 5.89 Å². The number of nitrogens with one attached hydrogen (secondary N) is 1. The van der Waals surface area contributed by atoms with Crippen molar-refractivity contribution in [2.24, 2.45) is 0 Å². The van der Waals surface area contributed by atoms with Crippen LogP contribution in [0.1, 0.15) is 21.1 Å². The summed E-state index contributed by atoms with van der Waals surface area (Å²) in [6, 6.07) is 7.37. The average molecular weight is 272 g/mol. The van der Waals surface area contributed by atoms with Crippen LogP contribution >= 0.6 is 11.3 Å². The third kappa shape index (κ3) is 2.24. The first-order chi connectivity index (χ1) is 9.13. The number of benzene rings is 1. The van der Waals surface area contributed by atoms with Gasteiger partial charge in [-0.15, -0.1) is 11.3 Å². The Morgan fingerprint density at radius 3 is 2.89 bits per heavy atom. The van der Waals surface area contributed by atoms with Crippen LogP contribution in [0.4, 0.5) is 5.69 Å². The maximum Gasteiger partial charge on any atom is 0.265 e. The van der Waals surface area contributed by atoms with Crippen LogP contribution in [-0.4, -0.2) is 10.9 Å². The minimum absolute atomic E-state index is 0.0907. The van der Waals surface area contributed by atoms with E-state index < -0.39 is 0 Å². The van der Waals surface area contributed by atoms with Crippen LogP contribution < -0.4 is 5.32 Å². The molecule has 2 aromatic heterocycles. The normalized spacial score (nSPS) is 10.8. The molecule has 3 aromatic rings. The minimum Gasteiger partial charge on any atom is -0.441 e. The van der Waals surface area contributed by atoms with Gasteiger partial charge in [-0.1, -0.05) is 0 Å². The van der Waals surface area contributed by atoms with Gasteiger partial charge in [-0.3, -0.25) is 4.79 Å². The average Bonchev–Trinajstić information content (AvgIpc) is 2.93. The highest BCUT2D eigenvalue weighted by atomic mass is 32.1. The molecule has 0 unspecified atom stereocenters. The van der Waals surface area contributed by atoms with Crippen LogP contribution in [0.3, 0.4) is 0 Å². The predicted octanol–water partition coefficient (Wildman–Crippen LogP) is 3.76. The van der Waals surface area contributed by atoms with Crippen molar-refractivity contribution >= 4 is 34.0 Å². The van der Waals surface area contributed by atoms with Gasteiger partial charge >= 0.3 is 0 Å². The quantitative estimate of drug-likeness (QED) is 0.772. The zero-order valence-electron chi connectivity index (χ0n) is 10.6. The van der Waals surface area contributed by atoms with E-state index in [4.69, 9.17) is 4.42 Å². The van der Waals surface area contributed by atoms with Crippen LogP contribution in [0.15, 0.2) is 34.1 Å². The summed E-state index contributed by atoms with van der Waals surface area (Å²) in [5.74, 6) is 0.527. The third-order valence-electron chi connectivity index (χ3n) is 2.82. The molecule has 5 heteroatoms. The minimum atomic E-state index is -0.0907. The Hall–Kier alpha value is -2.14. The number of thiophene rings is 1. The second-order valence-electron chi connectivity index (χ2n) is 4.30. The molecular formula is C14H12N2O2S. The van der Waals surface area contributed by atoms with Crippen molar-refractivity contribution in [3.63, 3.8) is 0 Å². The Labute approximate surface area is 114 Å². The number of nitrogens with zero attached hydrogens (tertiary/aromatic N) is 1. The largest absolute Gasteiger partial charge is 0.441 e. The lowest BCUT2D eigenvalue weighted by atomic mass is 10.2. The summed E-state index contributed by atoms with van der Waals surface area (Å²) in [4.78, 5) is 17.1. The van der Waals surface area contributed by atoms with Crippen LogP contribution in [0, 0.1) is 13.8 Å². The van der Waals surface area contributed by atoms with Crippen LogP contribution in [0.5, 0.6) is 0 Å². The van der Waals surface area contributed by atoms with Crippen LogP contribution in [0.25, 0.3) is 11.1 Å². The summed E-state index contributed by atoms with van der Waals surface area (Å²) < 4.78 is 5.40. The zero-order chi connectivity index (χ0) is 13.4. The van der Waals surface area contributed by atoms with Gasteiger partial charge in [-0.25, -0.2) is 4.98 Å². The maximum atomic E-state index is 12.1. The van der Waals surface area contributed by atoms with Gasteiger partial charge in [0.05, 0.1) is 4.88 Å². The van der Waals surface area contributed by atoms with E-state index >= 15 is 0 Å². The summed E-state index contributed by atoms with van der Waals surface area (Å²) in [7, 11) is 0. The van der Waals surface area contributed by atoms with Gasteiger partial charge in [0.15, 0.2) is 11.5 Å². The summed E-state index contributed by atoms with van der Waals surface area (Å²) in [6.45, 7) is 3.73. The first-order valence-corrected chi connectivity index (χ1v) is 6.74. The number of fused-ring (bicyclic) bond motifs is 1. The lowest BCUT2D eigenvalue weighted by Gasteiger charge is -2.03. The smallest absolute Gasteiger partial charge is 0.265 e. The highest BCUT2D eigenvalue weighted by Crippen LogP contribution is 2.22. The van der Waals surface area contributed by atoms with Crippen molar-refractivity contribution < 1.29 is 9.21 Å². The Morgan fingerprint density at radius 1 is 1.32 bits per heavy atom. The van der Waals surface area contributed by atoms with Gasteiger partial charge in [-0.2, -0.15) is 0 Å². The second kappa shape index (κ2) is 4.51. The fraction of sp³-hybridized carbons (Fsp3) is 0.143. The molecule has 1 amide bonds. The zero-order valence-corrected chi connectivity index (χ0v) is 11.4. The molecule has 0 radical (unpaired) electrons. The van der Waals surface area contributed by atoms with E-state index in [1.54, 1.807) is 6.92 Å². The molecular weight excluding hydrogens is 260 g/mol. The predicted molar refractivity (Wildman–Crippen MR) is 75.8 cm³/mol. The van der Waals surface area contributed by atoms with Crippen molar-refractivity contribution in [1.29, 1.82) is 0 Å². The van der Waals surface area contributed by atoms with E-state index in [9.17, 15) is 4.79 Å². The maximum absolute atomic E-state index is 12.1. The molecule has 96 valence electrons. The number of carbonyl (C=O) groups excluding carboxylic acids is 1. The summed E-state index contributed by atoms with van der Waals surface area (Å²) >= 11 is 1.44. The lowest BCUT2D eigenvalue weighted by Crippen LogP contribution is -2.11. The Morgan fingerprint density at radius 2 is 2.16 bits per heavy atom. The number of carbonyl (C=O) groups is 1. The highest BCUT2D eigenvalue weighted by Gasteiger charge is 2.11. The van der Waals surface area contributed by atoms with Crippen molar-refractivity contribution in [3.8, 4) is 0 Å². The van der Waals surface area contributed by atoms with E-state index in [0.717, 1.165) is 27.2 Å². The number of oxazole rings is 1. The molecule has 1 N–H and O–H groups in total. The molecule has 0 spiro atoms. The second-order valence-corrected chi connectivity index (χ2v) is 5.22. The monoisotopic (exact) mass is 272 g/mol. The van der Waals surface area contributed by atoms with E-state index in [2.05, 4.69) is 10.3 Å². The highest BCUT2D eigenvalue weighted by molar-refractivity contribution is 7.12. The molecule has 4 nitrogen and oxygen atoms in total. The summed E-state index contributed by atoms with van der Waals surface area (Å²) in [6.07, 6.45) is 0. The van der Waals surface area contributed by atoms with Gasteiger partial charge in [-0.05, 0) is 42.1 Å². The topological polar surface area (TPSA) is 55.1 Å². The summed E-state index contributed by atoms with van der Waals surface area (Å²) in [5, 5.41) is 4.79. The van der Waals surface area contributed by atoms with Crippen LogP contribution in [0.2, 0.25) is 0 Å². The molecule has 0 saturated carbocycles.